The third-order valence-electron chi connectivity index (χ3n) is 2.15. The summed E-state index contributed by atoms with van der Waals surface area (Å²) in [5, 5.41) is 5.67. The molecular weight excluding hydrogens is 276 g/mol. The zero-order valence-electron chi connectivity index (χ0n) is 11.4. The summed E-state index contributed by atoms with van der Waals surface area (Å²) in [7, 11) is -1.24. The maximum absolute atomic E-state index is 11.5. The van der Waals surface area contributed by atoms with E-state index >= 15 is 0 Å². The molecule has 0 fully saturated rings. The second-order valence-corrected chi connectivity index (χ2v) is 6.79. The molecule has 0 aliphatic heterocycles. The van der Waals surface area contributed by atoms with E-state index in [1.807, 2.05) is 20.9 Å². The molecule has 0 heterocycles. The lowest BCUT2D eigenvalue weighted by Crippen LogP contribution is -2.29. The Morgan fingerprint density at radius 3 is 2.33 bits per heavy atom. The Bertz CT molecular complexity index is 318. The number of halogens is 1. The zero-order chi connectivity index (χ0) is 13.3. The SMILES string of the molecule is CNCCCNC(=O)CCS(=O)(=O)CC(C)C.Cl. The second-order valence-electron chi connectivity index (χ2n) is 4.57. The Labute approximate surface area is 116 Å². The summed E-state index contributed by atoms with van der Waals surface area (Å²) < 4.78 is 23.1. The topological polar surface area (TPSA) is 75.3 Å². The van der Waals surface area contributed by atoms with E-state index in [2.05, 4.69) is 10.6 Å². The van der Waals surface area contributed by atoms with Gasteiger partial charge in [-0.2, -0.15) is 0 Å². The van der Waals surface area contributed by atoms with Crippen LogP contribution < -0.4 is 10.6 Å². The summed E-state index contributed by atoms with van der Waals surface area (Å²) in [6.07, 6.45) is 0.912. The van der Waals surface area contributed by atoms with Crippen molar-refractivity contribution in [3.63, 3.8) is 0 Å². The van der Waals surface area contributed by atoms with Crippen LogP contribution in [0.4, 0.5) is 0 Å². The van der Waals surface area contributed by atoms with Gasteiger partial charge in [-0.05, 0) is 25.9 Å². The molecule has 0 bridgehead atoms. The highest BCUT2D eigenvalue weighted by molar-refractivity contribution is 7.91. The first-order valence-corrected chi connectivity index (χ1v) is 7.81. The lowest BCUT2D eigenvalue weighted by Gasteiger charge is -2.07. The van der Waals surface area contributed by atoms with E-state index in [-0.39, 0.29) is 42.2 Å². The predicted octanol–water partition coefficient (Wildman–Crippen LogP) is 0.595. The molecule has 0 aromatic carbocycles. The van der Waals surface area contributed by atoms with Crippen molar-refractivity contribution in [1.29, 1.82) is 0 Å². The minimum absolute atomic E-state index is 0. The van der Waals surface area contributed by atoms with Crippen LogP contribution in [0.25, 0.3) is 0 Å². The van der Waals surface area contributed by atoms with Crippen LogP contribution in [0.1, 0.15) is 26.7 Å². The van der Waals surface area contributed by atoms with Crippen molar-refractivity contribution in [1.82, 2.24) is 10.6 Å². The molecule has 1 amide bonds. The van der Waals surface area contributed by atoms with Gasteiger partial charge in [0.25, 0.3) is 0 Å². The van der Waals surface area contributed by atoms with Crippen LogP contribution >= 0.6 is 12.4 Å². The third kappa shape index (κ3) is 12.1. The highest BCUT2D eigenvalue weighted by Gasteiger charge is 2.14. The summed E-state index contributed by atoms with van der Waals surface area (Å²) in [4.78, 5) is 11.3. The smallest absolute Gasteiger partial charge is 0.221 e. The summed E-state index contributed by atoms with van der Waals surface area (Å²) in [6.45, 7) is 5.14. The molecule has 0 saturated carbocycles. The minimum Gasteiger partial charge on any atom is -0.356 e. The average Bonchev–Trinajstić information content (AvgIpc) is 2.20. The van der Waals surface area contributed by atoms with Gasteiger partial charge < -0.3 is 10.6 Å². The average molecular weight is 301 g/mol. The quantitative estimate of drug-likeness (QED) is 0.611. The number of nitrogens with one attached hydrogen (secondary N) is 2. The van der Waals surface area contributed by atoms with E-state index in [4.69, 9.17) is 0 Å². The van der Waals surface area contributed by atoms with Gasteiger partial charge >= 0.3 is 0 Å². The van der Waals surface area contributed by atoms with E-state index in [0.717, 1.165) is 13.0 Å². The van der Waals surface area contributed by atoms with Crippen molar-refractivity contribution < 1.29 is 13.2 Å². The van der Waals surface area contributed by atoms with E-state index < -0.39 is 9.84 Å². The Morgan fingerprint density at radius 1 is 1.22 bits per heavy atom. The van der Waals surface area contributed by atoms with Gasteiger partial charge in [-0.25, -0.2) is 8.42 Å². The molecule has 0 atom stereocenters. The van der Waals surface area contributed by atoms with Crippen LogP contribution in [-0.2, 0) is 14.6 Å². The van der Waals surface area contributed by atoms with Gasteiger partial charge in [-0.3, -0.25) is 4.79 Å². The van der Waals surface area contributed by atoms with Crippen LogP contribution in [0.5, 0.6) is 0 Å². The maximum atomic E-state index is 11.5. The molecule has 0 aromatic rings. The minimum atomic E-state index is -3.08. The summed E-state index contributed by atoms with van der Waals surface area (Å²) in [5.41, 5.74) is 0. The molecule has 0 unspecified atom stereocenters. The van der Waals surface area contributed by atoms with Crippen molar-refractivity contribution in [2.45, 2.75) is 26.7 Å². The van der Waals surface area contributed by atoms with Crippen molar-refractivity contribution in [2.24, 2.45) is 5.92 Å². The van der Waals surface area contributed by atoms with Crippen LogP contribution in [0.15, 0.2) is 0 Å². The van der Waals surface area contributed by atoms with Crippen molar-refractivity contribution in [3.8, 4) is 0 Å². The number of rotatable bonds is 9. The van der Waals surface area contributed by atoms with Crippen LogP contribution in [-0.4, -0.2) is 46.0 Å². The Morgan fingerprint density at radius 2 is 1.83 bits per heavy atom. The first-order chi connectivity index (χ1) is 7.87. The van der Waals surface area contributed by atoms with Gasteiger partial charge in [0.15, 0.2) is 9.84 Å². The molecule has 0 aliphatic rings. The van der Waals surface area contributed by atoms with Crippen LogP contribution in [0, 0.1) is 5.92 Å². The van der Waals surface area contributed by atoms with Gasteiger partial charge in [-0.15, -0.1) is 12.4 Å². The fourth-order valence-electron chi connectivity index (χ4n) is 1.42. The fraction of sp³-hybridized carbons (Fsp3) is 0.909. The highest BCUT2D eigenvalue weighted by atomic mass is 35.5. The monoisotopic (exact) mass is 300 g/mol. The number of carbonyl (C=O) groups is 1. The van der Waals surface area contributed by atoms with Gasteiger partial charge in [0, 0.05) is 13.0 Å². The largest absolute Gasteiger partial charge is 0.356 e. The first-order valence-electron chi connectivity index (χ1n) is 5.99. The predicted molar refractivity (Wildman–Crippen MR) is 76.9 cm³/mol. The van der Waals surface area contributed by atoms with Crippen molar-refractivity contribution >= 4 is 28.2 Å². The number of hydrogen-bond acceptors (Lipinski definition) is 4. The molecule has 0 spiro atoms. The van der Waals surface area contributed by atoms with E-state index in [0.29, 0.717) is 6.54 Å². The van der Waals surface area contributed by atoms with E-state index in [1.165, 1.54) is 0 Å². The maximum Gasteiger partial charge on any atom is 0.221 e. The number of sulfone groups is 1. The molecule has 0 aliphatic carbocycles. The molecule has 0 aromatic heterocycles. The standard InChI is InChI=1S/C11H24N2O3S.ClH/c1-10(2)9-17(15,16)8-5-11(14)13-7-4-6-12-3;/h10,12H,4-9H2,1-3H3,(H,13,14);1H. The van der Waals surface area contributed by atoms with Gasteiger partial charge in [0.1, 0.15) is 0 Å². The zero-order valence-corrected chi connectivity index (χ0v) is 13.0. The molecule has 7 heteroatoms. The molecular formula is C11H25ClN2O3S. The third-order valence-corrected chi connectivity index (χ3v) is 4.15. The number of hydrogen-bond donors (Lipinski definition) is 2. The molecule has 2 N–H and O–H groups in total. The fourth-order valence-corrected chi connectivity index (χ4v) is 3.10. The lowest BCUT2D eigenvalue weighted by atomic mass is 10.3. The van der Waals surface area contributed by atoms with E-state index in [1.54, 1.807) is 0 Å². The Hall–Kier alpha value is -0.330. The van der Waals surface area contributed by atoms with Gasteiger partial charge in [0.05, 0.1) is 11.5 Å². The normalized spacial score (nSPS) is 11.1. The second kappa shape index (κ2) is 10.6. The summed E-state index contributed by atoms with van der Waals surface area (Å²) >= 11 is 0. The highest BCUT2D eigenvalue weighted by Crippen LogP contribution is 2.02. The lowest BCUT2D eigenvalue weighted by molar-refractivity contribution is -0.120. The molecule has 0 saturated heterocycles. The molecule has 5 nitrogen and oxygen atoms in total. The first kappa shape index (κ1) is 20.0. The molecule has 18 heavy (non-hydrogen) atoms. The van der Waals surface area contributed by atoms with Gasteiger partial charge in [-0.1, -0.05) is 13.8 Å². The molecule has 110 valence electrons. The van der Waals surface area contributed by atoms with Crippen LogP contribution in [0.2, 0.25) is 0 Å². The number of amides is 1. The Kier molecular flexibility index (Phi) is 11.8. The summed E-state index contributed by atoms with van der Waals surface area (Å²) in [6, 6.07) is 0. The summed E-state index contributed by atoms with van der Waals surface area (Å²) in [5.74, 6) is 0.0235. The Balaban J connectivity index is 0. The van der Waals surface area contributed by atoms with Crippen molar-refractivity contribution in [2.75, 3.05) is 31.6 Å². The van der Waals surface area contributed by atoms with Crippen LogP contribution in [0.3, 0.4) is 0 Å². The number of carbonyl (C=O) groups excluding carboxylic acids is 1. The molecule has 0 radical (unpaired) electrons. The van der Waals surface area contributed by atoms with Gasteiger partial charge in [0.2, 0.25) is 5.91 Å². The van der Waals surface area contributed by atoms with Crippen molar-refractivity contribution in [3.05, 3.63) is 0 Å². The molecule has 0 rings (SSSR count). The van der Waals surface area contributed by atoms with E-state index in [9.17, 15) is 13.2 Å².